The van der Waals surface area contributed by atoms with Gasteiger partial charge in [0.25, 0.3) is 8.32 Å². The Bertz CT molecular complexity index is 845. The number of hydrogen-bond acceptors (Lipinski definition) is 2. The van der Waals surface area contributed by atoms with E-state index in [2.05, 4.69) is 85.8 Å². The van der Waals surface area contributed by atoms with Gasteiger partial charge in [-0.2, -0.15) is 4.40 Å². The lowest BCUT2D eigenvalue weighted by Crippen LogP contribution is -2.66. The van der Waals surface area contributed by atoms with Crippen LogP contribution in [0.3, 0.4) is 0 Å². The Labute approximate surface area is 185 Å². The molecule has 0 spiro atoms. The van der Waals surface area contributed by atoms with E-state index < -0.39 is 19.3 Å². The Morgan fingerprint density at radius 3 is 1.90 bits per heavy atom. The molecule has 1 aliphatic rings. The predicted molar refractivity (Wildman–Crippen MR) is 132 cm³/mol. The smallest absolute Gasteiger partial charge is 0.261 e. The van der Waals surface area contributed by atoms with Gasteiger partial charge >= 0.3 is 0 Å². The van der Waals surface area contributed by atoms with Crippen LogP contribution in [0.1, 0.15) is 48.0 Å². The molecular formula is C25H35NO2SSi. The number of benzene rings is 2. The minimum absolute atomic E-state index is 0.0120. The zero-order chi connectivity index (χ0) is 22.0. The maximum atomic E-state index is 12.2. The maximum Gasteiger partial charge on any atom is 0.261 e. The van der Waals surface area contributed by atoms with Crippen molar-refractivity contribution in [3.05, 3.63) is 60.7 Å². The summed E-state index contributed by atoms with van der Waals surface area (Å²) in [6, 6.07) is 21.5. The zero-order valence-corrected chi connectivity index (χ0v) is 20.9. The molecule has 162 valence electrons. The van der Waals surface area contributed by atoms with E-state index in [1.165, 1.54) is 10.4 Å². The van der Waals surface area contributed by atoms with Crippen LogP contribution in [-0.2, 0) is 15.4 Å². The van der Waals surface area contributed by atoms with Crippen molar-refractivity contribution in [2.45, 2.75) is 57.7 Å². The van der Waals surface area contributed by atoms with E-state index in [1.807, 2.05) is 27.0 Å². The first kappa shape index (κ1) is 23.1. The van der Waals surface area contributed by atoms with Crippen molar-refractivity contribution in [1.29, 1.82) is 0 Å². The molecule has 3 atom stereocenters. The maximum absolute atomic E-state index is 12.2. The van der Waals surface area contributed by atoms with Crippen molar-refractivity contribution in [3.63, 3.8) is 0 Å². The molecule has 1 unspecified atom stereocenters. The molecule has 3 nitrogen and oxygen atoms in total. The van der Waals surface area contributed by atoms with Gasteiger partial charge < -0.3 is 4.43 Å². The van der Waals surface area contributed by atoms with Crippen LogP contribution in [0.25, 0.3) is 0 Å². The molecule has 3 rings (SSSR count). The molecule has 1 saturated carbocycles. The van der Waals surface area contributed by atoms with Crippen LogP contribution in [0.5, 0.6) is 0 Å². The van der Waals surface area contributed by atoms with Gasteiger partial charge in [0.15, 0.2) is 0 Å². The first-order chi connectivity index (χ1) is 14.1. The van der Waals surface area contributed by atoms with Crippen molar-refractivity contribution >= 4 is 35.9 Å². The van der Waals surface area contributed by atoms with Crippen LogP contribution < -0.4 is 10.4 Å². The minimum Gasteiger partial charge on any atom is -0.407 e. The summed E-state index contributed by atoms with van der Waals surface area (Å²) in [6.45, 7) is 13.5. The molecule has 0 N–H and O–H groups in total. The molecule has 30 heavy (non-hydrogen) atoms. The van der Waals surface area contributed by atoms with Crippen LogP contribution in [-0.4, -0.2) is 30.1 Å². The summed E-state index contributed by atoms with van der Waals surface area (Å²) in [5.41, 5.74) is 0. The first-order valence-electron chi connectivity index (χ1n) is 10.8. The molecule has 2 aromatic carbocycles. The van der Waals surface area contributed by atoms with E-state index in [1.54, 1.807) is 0 Å². The fourth-order valence-electron chi connectivity index (χ4n) is 3.93. The third-order valence-corrected chi connectivity index (χ3v) is 12.1. The van der Waals surface area contributed by atoms with E-state index in [-0.39, 0.29) is 9.79 Å². The molecule has 0 aliphatic heterocycles. The van der Waals surface area contributed by atoms with Gasteiger partial charge in [0.1, 0.15) is 11.0 Å². The van der Waals surface area contributed by atoms with Crippen LogP contribution in [0.2, 0.25) is 5.04 Å². The van der Waals surface area contributed by atoms with E-state index in [9.17, 15) is 4.21 Å². The lowest BCUT2D eigenvalue weighted by molar-refractivity contribution is 0.278. The summed E-state index contributed by atoms with van der Waals surface area (Å²) in [4.78, 5) is 0. The molecular weight excluding hydrogens is 406 g/mol. The second-order valence-electron chi connectivity index (χ2n) is 10.2. The highest BCUT2D eigenvalue weighted by molar-refractivity contribution is 7.85. The number of hydrogen-bond donors (Lipinski definition) is 0. The van der Waals surface area contributed by atoms with Gasteiger partial charge in [-0.1, -0.05) is 81.4 Å². The quantitative estimate of drug-likeness (QED) is 0.460. The summed E-state index contributed by atoms with van der Waals surface area (Å²) in [5, 5.41) is 2.61. The Kier molecular flexibility index (Phi) is 6.85. The van der Waals surface area contributed by atoms with Crippen molar-refractivity contribution in [1.82, 2.24) is 0 Å². The fourth-order valence-corrected chi connectivity index (χ4v) is 9.13. The molecule has 0 amide bonds. The lowest BCUT2D eigenvalue weighted by atomic mass is 10.2. The van der Waals surface area contributed by atoms with Crippen LogP contribution in [0.4, 0.5) is 0 Å². The van der Waals surface area contributed by atoms with Gasteiger partial charge in [-0.05, 0) is 48.5 Å². The molecule has 1 aliphatic carbocycles. The largest absolute Gasteiger partial charge is 0.407 e. The summed E-state index contributed by atoms with van der Waals surface area (Å²) >= 11 is 0. The number of nitrogens with zero attached hydrogens (tertiary/aromatic N) is 1. The normalized spacial score (nSPS) is 21.0. The summed E-state index contributed by atoms with van der Waals surface area (Å²) in [6.07, 6.45) is 2.96. The van der Waals surface area contributed by atoms with Crippen molar-refractivity contribution in [2.24, 2.45) is 16.2 Å². The lowest BCUT2D eigenvalue weighted by Gasteiger charge is -2.43. The second-order valence-corrected chi connectivity index (χ2v) is 16.5. The Balaban J connectivity index is 1.83. The molecule has 5 heteroatoms. The van der Waals surface area contributed by atoms with Gasteiger partial charge in [0.05, 0.1) is 4.75 Å². The van der Waals surface area contributed by atoms with Crippen molar-refractivity contribution in [3.8, 4) is 0 Å². The Hall–Kier alpha value is -1.56. The highest BCUT2D eigenvalue weighted by atomic mass is 32.2. The molecule has 0 aromatic heterocycles. The highest BCUT2D eigenvalue weighted by Gasteiger charge is 2.51. The standard InChI is InChI=1S/C25H35NO2SSi/c1-24(2,3)29(27)26-18-20-17-21(20)19-28-30(25(4,5)6,22-13-9-7-10-14-22)23-15-11-8-12-16-23/h7-16,18,20-21H,17,19H2,1-6H3/b26-18+/t20-,21+,29?/m0/s1. The van der Waals surface area contributed by atoms with Gasteiger partial charge in [-0.3, -0.25) is 0 Å². The van der Waals surface area contributed by atoms with Gasteiger partial charge in [-0.15, -0.1) is 0 Å². The molecule has 1 fully saturated rings. The zero-order valence-electron chi connectivity index (χ0n) is 19.1. The van der Waals surface area contributed by atoms with Crippen molar-refractivity contribution in [2.75, 3.05) is 6.61 Å². The predicted octanol–water partition coefficient (Wildman–Crippen LogP) is 4.73. The summed E-state index contributed by atoms with van der Waals surface area (Å²) in [5.74, 6) is 0.821. The topological polar surface area (TPSA) is 38.7 Å². The second kappa shape index (κ2) is 8.89. The Morgan fingerprint density at radius 1 is 0.967 bits per heavy atom. The third kappa shape index (κ3) is 5.01. The highest BCUT2D eigenvalue weighted by Crippen LogP contribution is 2.41. The monoisotopic (exact) mass is 441 g/mol. The third-order valence-electron chi connectivity index (χ3n) is 5.78. The average molecular weight is 442 g/mol. The van der Waals surface area contributed by atoms with Crippen LogP contribution >= 0.6 is 0 Å². The SMILES string of the molecule is CC(C)(C)S(=O)/N=C/[C@@H]1C[C@@H]1CO[Si](c1ccccc1)(c1ccccc1)C(C)(C)C. The van der Waals surface area contributed by atoms with E-state index >= 15 is 0 Å². The van der Waals surface area contributed by atoms with Gasteiger partial charge in [0, 0.05) is 18.7 Å². The van der Waals surface area contributed by atoms with Gasteiger partial charge in [-0.25, -0.2) is 4.21 Å². The molecule has 0 bridgehead atoms. The van der Waals surface area contributed by atoms with E-state index in [0.29, 0.717) is 18.4 Å². The van der Waals surface area contributed by atoms with Crippen LogP contribution in [0, 0.1) is 11.8 Å². The fraction of sp³-hybridized carbons (Fsp3) is 0.480. The van der Waals surface area contributed by atoms with Crippen LogP contribution in [0.15, 0.2) is 65.1 Å². The molecule has 0 heterocycles. The summed E-state index contributed by atoms with van der Waals surface area (Å²) < 4.78 is 23.2. The minimum atomic E-state index is -2.48. The average Bonchev–Trinajstić information content (AvgIpc) is 3.45. The first-order valence-corrected chi connectivity index (χ1v) is 13.8. The summed E-state index contributed by atoms with van der Waals surface area (Å²) in [7, 11) is -3.67. The number of rotatable bonds is 7. The molecule has 0 radical (unpaired) electrons. The van der Waals surface area contributed by atoms with E-state index in [0.717, 1.165) is 6.42 Å². The Morgan fingerprint density at radius 2 is 1.47 bits per heavy atom. The van der Waals surface area contributed by atoms with Gasteiger partial charge in [0.2, 0.25) is 0 Å². The molecule has 0 saturated heterocycles. The molecule has 2 aromatic rings. The van der Waals surface area contributed by atoms with E-state index in [4.69, 9.17) is 4.43 Å². The van der Waals surface area contributed by atoms with Crippen molar-refractivity contribution < 1.29 is 8.63 Å².